The van der Waals surface area contributed by atoms with Crippen LogP contribution in [-0.4, -0.2) is 12.6 Å². The predicted molar refractivity (Wildman–Crippen MR) is 75.6 cm³/mol. The van der Waals surface area contributed by atoms with Crippen LogP contribution in [0.1, 0.15) is 16.7 Å². The summed E-state index contributed by atoms with van der Waals surface area (Å²) in [6.45, 7) is -0.228. The molecular formula is C16H10F3N2O2. The smallest absolute Gasteiger partial charge is 0.405 e. The Morgan fingerprint density at radius 2 is 1.65 bits per heavy atom. The summed E-state index contributed by atoms with van der Waals surface area (Å²) in [4.78, 5) is 4.94. The highest BCUT2D eigenvalue weighted by atomic mass is 19.4. The lowest BCUT2D eigenvalue weighted by molar-refractivity contribution is -0.275. The van der Waals surface area contributed by atoms with Gasteiger partial charge < -0.3 is 9.57 Å². The van der Waals surface area contributed by atoms with Crippen molar-refractivity contribution < 1.29 is 22.7 Å². The van der Waals surface area contributed by atoms with Crippen LogP contribution in [0.3, 0.4) is 0 Å². The van der Waals surface area contributed by atoms with Crippen molar-refractivity contribution in [3.63, 3.8) is 0 Å². The van der Waals surface area contributed by atoms with Crippen LogP contribution in [0.15, 0.2) is 53.7 Å². The lowest BCUT2D eigenvalue weighted by Gasteiger charge is -2.12. The fraction of sp³-hybridized carbons (Fsp3) is 0.125. The normalized spacial score (nSPS) is 11.2. The first-order valence-corrected chi connectivity index (χ1v) is 6.40. The molecule has 7 heteroatoms. The maximum Gasteiger partial charge on any atom is 0.573 e. The van der Waals surface area contributed by atoms with E-state index in [1.807, 2.05) is 6.07 Å². The molecule has 0 saturated carbocycles. The van der Waals surface area contributed by atoms with Crippen molar-refractivity contribution in [1.82, 2.24) is 0 Å². The van der Waals surface area contributed by atoms with E-state index in [1.165, 1.54) is 18.2 Å². The molecule has 0 aliphatic carbocycles. The van der Waals surface area contributed by atoms with Crippen molar-refractivity contribution in [1.29, 1.82) is 5.26 Å². The number of para-hydroxylation sites is 1. The van der Waals surface area contributed by atoms with Crippen LogP contribution in [-0.2, 0) is 11.4 Å². The maximum atomic E-state index is 12.3. The first-order chi connectivity index (χ1) is 11.0. The summed E-state index contributed by atoms with van der Waals surface area (Å²) >= 11 is 0. The van der Waals surface area contributed by atoms with Gasteiger partial charge in [-0.2, -0.15) is 5.26 Å². The Balaban J connectivity index is 2.02. The highest BCUT2D eigenvalue weighted by molar-refractivity contribution is 5.82. The van der Waals surface area contributed by atoms with E-state index in [1.54, 1.807) is 30.3 Å². The third-order valence-corrected chi connectivity index (χ3v) is 2.70. The number of ether oxygens (including phenoxy) is 1. The zero-order valence-electron chi connectivity index (χ0n) is 11.7. The van der Waals surface area contributed by atoms with Gasteiger partial charge in [0.1, 0.15) is 18.6 Å². The average Bonchev–Trinajstić information content (AvgIpc) is 2.52. The van der Waals surface area contributed by atoms with Crippen molar-refractivity contribution >= 4 is 6.21 Å². The number of nitriles is 1. The van der Waals surface area contributed by atoms with E-state index in [0.717, 1.165) is 0 Å². The van der Waals surface area contributed by atoms with Gasteiger partial charge in [0.25, 0.3) is 0 Å². The van der Waals surface area contributed by atoms with Gasteiger partial charge in [0.2, 0.25) is 0 Å². The number of rotatable bonds is 5. The van der Waals surface area contributed by atoms with Gasteiger partial charge in [-0.1, -0.05) is 41.6 Å². The van der Waals surface area contributed by atoms with Gasteiger partial charge in [0, 0.05) is 11.1 Å². The molecular weight excluding hydrogens is 309 g/mol. The van der Waals surface area contributed by atoms with Gasteiger partial charge in [-0.05, 0) is 12.1 Å². The van der Waals surface area contributed by atoms with E-state index in [4.69, 9.17) is 10.1 Å². The Labute approximate surface area is 130 Å². The number of nitrogens with zero attached hydrogens (tertiary/aromatic N) is 2. The Morgan fingerprint density at radius 1 is 1.00 bits per heavy atom. The quantitative estimate of drug-likeness (QED) is 0.621. The average molecular weight is 319 g/mol. The molecule has 117 valence electrons. The molecule has 0 spiro atoms. The molecule has 2 rings (SSSR count). The minimum atomic E-state index is -4.78. The van der Waals surface area contributed by atoms with Crippen molar-refractivity contribution in [3.8, 4) is 11.8 Å². The van der Waals surface area contributed by atoms with Crippen LogP contribution in [0.2, 0.25) is 0 Å². The van der Waals surface area contributed by atoms with Gasteiger partial charge in [0.15, 0.2) is 0 Å². The standard InChI is InChI=1S/C16H10F3N2O2/c17-16(18,19)23-15-8-4-3-7-14(15)11-22-21-10-13-6-2-1-5-12(13)9-20/h1-8H,11H2. The minimum Gasteiger partial charge on any atom is -0.405 e. The molecule has 0 unspecified atom stereocenters. The summed E-state index contributed by atoms with van der Waals surface area (Å²) in [5.41, 5.74) is 0.972. The topological polar surface area (TPSA) is 54.6 Å². The van der Waals surface area contributed by atoms with Crippen LogP contribution < -0.4 is 4.74 Å². The summed E-state index contributed by atoms with van der Waals surface area (Å²) < 4.78 is 40.8. The fourth-order valence-corrected chi connectivity index (χ4v) is 1.71. The van der Waals surface area contributed by atoms with Crippen LogP contribution in [0.4, 0.5) is 13.2 Å². The summed E-state index contributed by atoms with van der Waals surface area (Å²) in [6, 6.07) is 14.2. The Bertz CT molecular complexity index is 737. The molecule has 2 aromatic carbocycles. The maximum absolute atomic E-state index is 12.3. The van der Waals surface area contributed by atoms with Gasteiger partial charge in [-0.25, -0.2) is 0 Å². The highest BCUT2D eigenvalue weighted by Crippen LogP contribution is 2.26. The number of hydrogen-bond donors (Lipinski definition) is 0. The molecule has 0 atom stereocenters. The second-order valence-corrected chi connectivity index (χ2v) is 4.29. The molecule has 0 heterocycles. The molecule has 2 aromatic rings. The summed E-state index contributed by atoms with van der Waals surface area (Å²) in [7, 11) is 0. The molecule has 0 bridgehead atoms. The lowest BCUT2D eigenvalue weighted by Crippen LogP contribution is -2.18. The largest absolute Gasteiger partial charge is 0.573 e. The highest BCUT2D eigenvalue weighted by Gasteiger charge is 2.32. The van der Waals surface area contributed by atoms with E-state index in [2.05, 4.69) is 16.1 Å². The molecule has 0 amide bonds. The Kier molecular flexibility index (Phi) is 5.20. The zero-order valence-corrected chi connectivity index (χ0v) is 11.7. The monoisotopic (exact) mass is 319 g/mol. The lowest BCUT2D eigenvalue weighted by atomic mass is 10.1. The van der Waals surface area contributed by atoms with E-state index in [-0.39, 0.29) is 17.9 Å². The minimum absolute atomic E-state index is 0.184. The second-order valence-electron chi connectivity index (χ2n) is 4.29. The second kappa shape index (κ2) is 7.31. The number of alkyl halides is 3. The Hall–Kier alpha value is -3.01. The van der Waals surface area contributed by atoms with Crippen LogP contribution in [0.25, 0.3) is 0 Å². The number of benzene rings is 2. The van der Waals surface area contributed by atoms with Crippen molar-refractivity contribution in [2.45, 2.75) is 13.0 Å². The third kappa shape index (κ3) is 5.04. The van der Waals surface area contributed by atoms with Crippen LogP contribution >= 0.6 is 0 Å². The molecule has 23 heavy (non-hydrogen) atoms. The predicted octanol–water partition coefficient (Wildman–Crippen LogP) is 3.88. The van der Waals surface area contributed by atoms with E-state index >= 15 is 0 Å². The SMILES string of the molecule is N#Cc1ccccc1/[C]=N\OCc1ccccc1OC(F)(F)F. The number of hydrogen-bond acceptors (Lipinski definition) is 4. The van der Waals surface area contributed by atoms with E-state index in [9.17, 15) is 13.2 Å². The van der Waals surface area contributed by atoms with Crippen LogP contribution in [0, 0.1) is 11.3 Å². The summed E-state index contributed by atoms with van der Waals surface area (Å²) in [5.74, 6) is -0.354. The fourth-order valence-electron chi connectivity index (χ4n) is 1.71. The van der Waals surface area contributed by atoms with Crippen LogP contribution in [0.5, 0.6) is 5.75 Å². The zero-order chi connectivity index (χ0) is 16.7. The molecule has 0 aromatic heterocycles. The molecule has 1 radical (unpaired) electrons. The first kappa shape index (κ1) is 16.4. The van der Waals surface area contributed by atoms with E-state index in [0.29, 0.717) is 11.1 Å². The molecule has 0 aliphatic heterocycles. The third-order valence-electron chi connectivity index (χ3n) is 2.70. The molecule has 0 N–H and O–H groups in total. The van der Waals surface area contributed by atoms with Gasteiger partial charge >= 0.3 is 6.36 Å². The first-order valence-electron chi connectivity index (χ1n) is 6.40. The van der Waals surface area contributed by atoms with Crippen molar-refractivity contribution in [2.75, 3.05) is 0 Å². The molecule has 4 nitrogen and oxygen atoms in total. The Morgan fingerprint density at radius 3 is 2.35 bits per heavy atom. The molecule has 0 aliphatic rings. The van der Waals surface area contributed by atoms with Crippen molar-refractivity contribution in [3.05, 3.63) is 65.2 Å². The molecule has 0 fully saturated rings. The molecule has 0 saturated heterocycles. The van der Waals surface area contributed by atoms with Crippen molar-refractivity contribution in [2.24, 2.45) is 5.16 Å². The summed E-state index contributed by atoms with van der Waals surface area (Å²) in [5, 5.41) is 12.4. The van der Waals surface area contributed by atoms with Gasteiger partial charge in [0.05, 0.1) is 11.6 Å². The number of halogens is 3. The van der Waals surface area contributed by atoms with Gasteiger partial charge in [-0.3, -0.25) is 0 Å². The van der Waals surface area contributed by atoms with Gasteiger partial charge in [-0.15, -0.1) is 13.2 Å². The summed E-state index contributed by atoms with van der Waals surface area (Å²) in [6.07, 6.45) is -2.26. The van der Waals surface area contributed by atoms with E-state index < -0.39 is 6.36 Å².